The van der Waals surface area contributed by atoms with E-state index in [1.54, 1.807) is 4.90 Å². The van der Waals surface area contributed by atoms with Crippen LogP contribution in [0.15, 0.2) is 54.6 Å². The van der Waals surface area contributed by atoms with Crippen LogP contribution in [0.3, 0.4) is 0 Å². The van der Waals surface area contributed by atoms with Gasteiger partial charge in [-0.2, -0.15) is 0 Å². The number of benzene rings is 2. The van der Waals surface area contributed by atoms with E-state index < -0.39 is 0 Å². The number of nitrogens with one attached hydrogen (secondary N) is 1. The summed E-state index contributed by atoms with van der Waals surface area (Å²) < 4.78 is 11.4. The highest BCUT2D eigenvalue weighted by Crippen LogP contribution is 2.21. The lowest BCUT2D eigenvalue weighted by atomic mass is 9.95. The molecular weight excluding hydrogens is 380 g/mol. The van der Waals surface area contributed by atoms with Gasteiger partial charge in [-0.25, -0.2) is 0 Å². The first kappa shape index (κ1) is 21.7. The molecule has 0 unspecified atom stereocenters. The van der Waals surface area contributed by atoms with Crippen LogP contribution in [0.1, 0.15) is 32.3 Å². The van der Waals surface area contributed by atoms with Crippen molar-refractivity contribution in [2.45, 2.75) is 39.3 Å². The summed E-state index contributed by atoms with van der Waals surface area (Å²) in [5.41, 5.74) is 0.963. The van der Waals surface area contributed by atoms with Crippen molar-refractivity contribution in [3.05, 3.63) is 60.2 Å². The van der Waals surface area contributed by atoms with Crippen molar-refractivity contribution in [1.82, 2.24) is 10.2 Å². The Morgan fingerprint density at radius 1 is 1.03 bits per heavy atom. The van der Waals surface area contributed by atoms with E-state index in [1.807, 2.05) is 68.4 Å². The maximum atomic E-state index is 12.6. The molecule has 1 heterocycles. The fourth-order valence-corrected chi connectivity index (χ4v) is 3.49. The van der Waals surface area contributed by atoms with Gasteiger partial charge in [-0.1, -0.05) is 36.4 Å². The third-order valence-corrected chi connectivity index (χ3v) is 5.11. The van der Waals surface area contributed by atoms with Crippen LogP contribution in [0.25, 0.3) is 0 Å². The normalized spacial score (nSPS) is 14.4. The van der Waals surface area contributed by atoms with Crippen LogP contribution in [-0.4, -0.2) is 42.5 Å². The van der Waals surface area contributed by atoms with Crippen molar-refractivity contribution >= 4 is 11.8 Å². The number of hydrogen-bond acceptors (Lipinski definition) is 4. The predicted octanol–water partition coefficient (Wildman–Crippen LogP) is 3.41. The van der Waals surface area contributed by atoms with E-state index >= 15 is 0 Å². The van der Waals surface area contributed by atoms with Crippen LogP contribution in [0, 0.1) is 5.92 Å². The summed E-state index contributed by atoms with van der Waals surface area (Å²) in [6.45, 7) is 5.56. The van der Waals surface area contributed by atoms with Crippen molar-refractivity contribution in [3.8, 4) is 11.5 Å². The van der Waals surface area contributed by atoms with E-state index in [4.69, 9.17) is 9.47 Å². The van der Waals surface area contributed by atoms with Gasteiger partial charge < -0.3 is 19.7 Å². The summed E-state index contributed by atoms with van der Waals surface area (Å²) in [4.78, 5) is 26.8. The average molecular weight is 411 g/mol. The highest BCUT2D eigenvalue weighted by molar-refractivity contribution is 5.80. The van der Waals surface area contributed by atoms with Gasteiger partial charge in [0.25, 0.3) is 5.91 Å². The molecule has 0 spiro atoms. The third kappa shape index (κ3) is 6.24. The first-order chi connectivity index (χ1) is 14.5. The van der Waals surface area contributed by atoms with Gasteiger partial charge in [-0.3, -0.25) is 9.59 Å². The fraction of sp³-hybridized carbons (Fsp3) is 0.417. The number of hydrogen-bond donors (Lipinski definition) is 1. The van der Waals surface area contributed by atoms with Gasteiger partial charge >= 0.3 is 0 Å². The molecule has 0 radical (unpaired) electrons. The lowest BCUT2D eigenvalue weighted by Gasteiger charge is -2.31. The molecule has 2 amide bonds. The van der Waals surface area contributed by atoms with Gasteiger partial charge in [0.15, 0.2) is 6.61 Å². The van der Waals surface area contributed by atoms with Gasteiger partial charge in [-0.15, -0.1) is 0 Å². The molecule has 2 aromatic carbocycles. The number of carbonyl (C=O) groups is 2. The van der Waals surface area contributed by atoms with Crippen LogP contribution in [-0.2, 0) is 16.1 Å². The van der Waals surface area contributed by atoms with E-state index in [9.17, 15) is 9.59 Å². The molecule has 6 nitrogen and oxygen atoms in total. The van der Waals surface area contributed by atoms with Crippen LogP contribution in [0.5, 0.6) is 11.5 Å². The van der Waals surface area contributed by atoms with Gasteiger partial charge in [-0.05, 0) is 44.9 Å². The molecule has 0 atom stereocenters. The largest absolute Gasteiger partial charge is 0.491 e. The zero-order valence-corrected chi connectivity index (χ0v) is 17.7. The maximum absolute atomic E-state index is 12.6. The molecule has 1 fully saturated rings. The number of piperidine rings is 1. The minimum atomic E-state index is -0.0812. The Hall–Kier alpha value is -3.02. The van der Waals surface area contributed by atoms with Crippen LogP contribution in [0.4, 0.5) is 0 Å². The first-order valence-electron chi connectivity index (χ1n) is 10.5. The summed E-state index contributed by atoms with van der Waals surface area (Å²) >= 11 is 0. The summed E-state index contributed by atoms with van der Waals surface area (Å²) in [5, 5.41) is 3.03. The van der Waals surface area contributed by atoms with Crippen molar-refractivity contribution < 1.29 is 19.1 Å². The molecule has 2 aromatic rings. The van der Waals surface area contributed by atoms with Crippen LogP contribution >= 0.6 is 0 Å². The molecule has 0 aliphatic carbocycles. The van der Waals surface area contributed by atoms with E-state index in [0.29, 0.717) is 38.2 Å². The summed E-state index contributed by atoms with van der Waals surface area (Å²) in [6.07, 6.45) is 1.40. The molecule has 1 N–H and O–H groups in total. The Bertz CT molecular complexity index is 830. The molecule has 1 aliphatic rings. The Balaban J connectivity index is 1.42. The van der Waals surface area contributed by atoms with Crippen molar-refractivity contribution in [2.24, 2.45) is 5.92 Å². The lowest BCUT2D eigenvalue weighted by molar-refractivity contribution is -0.137. The SMILES string of the molecule is CC(C)Oc1ccccc1CNC(=O)C1CCN(C(=O)COc2ccccc2)CC1. The Morgan fingerprint density at radius 3 is 2.40 bits per heavy atom. The van der Waals surface area contributed by atoms with Gasteiger partial charge in [0.05, 0.1) is 6.10 Å². The Labute approximate surface area is 178 Å². The average Bonchev–Trinajstić information content (AvgIpc) is 2.77. The minimum Gasteiger partial charge on any atom is -0.491 e. The third-order valence-electron chi connectivity index (χ3n) is 5.11. The minimum absolute atomic E-state index is 0.0213. The zero-order chi connectivity index (χ0) is 21.3. The lowest BCUT2D eigenvalue weighted by Crippen LogP contribution is -2.44. The van der Waals surface area contributed by atoms with E-state index in [0.717, 1.165) is 11.3 Å². The van der Waals surface area contributed by atoms with Crippen LogP contribution in [0.2, 0.25) is 0 Å². The molecule has 160 valence electrons. The number of nitrogens with zero attached hydrogens (tertiary/aromatic N) is 1. The summed E-state index contributed by atoms with van der Waals surface area (Å²) in [5.74, 6) is 1.38. The Kier molecular flexibility index (Phi) is 7.71. The van der Waals surface area contributed by atoms with E-state index in [1.165, 1.54) is 0 Å². The molecule has 1 aliphatic heterocycles. The maximum Gasteiger partial charge on any atom is 0.260 e. The number of likely N-dealkylation sites (tertiary alicyclic amines) is 1. The second-order valence-corrected chi connectivity index (χ2v) is 7.75. The molecule has 1 saturated heterocycles. The van der Waals surface area contributed by atoms with Crippen molar-refractivity contribution in [3.63, 3.8) is 0 Å². The van der Waals surface area contributed by atoms with Crippen molar-refractivity contribution in [1.29, 1.82) is 0 Å². The highest BCUT2D eigenvalue weighted by Gasteiger charge is 2.27. The van der Waals surface area contributed by atoms with E-state index in [-0.39, 0.29) is 30.4 Å². The number of para-hydroxylation sites is 2. The van der Waals surface area contributed by atoms with Gasteiger partial charge in [0, 0.05) is 31.1 Å². The molecule has 6 heteroatoms. The number of rotatable bonds is 8. The highest BCUT2D eigenvalue weighted by atomic mass is 16.5. The van der Waals surface area contributed by atoms with Crippen molar-refractivity contribution in [2.75, 3.05) is 19.7 Å². The fourth-order valence-electron chi connectivity index (χ4n) is 3.49. The Morgan fingerprint density at radius 2 is 1.70 bits per heavy atom. The predicted molar refractivity (Wildman–Crippen MR) is 115 cm³/mol. The zero-order valence-electron chi connectivity index (χ0n) is 17.7. The second kappa shape index (κ2) is 10.7. The molecule has 30 heavy (non-hydrogen) atoms. The standard InChI is InChI=1S/C24H30N2O4/c1-18(2)30-22-11-7-6-8-20(22)16-25-24(28)19-12-14-26(15-13-19)23(27)17-29-21-9-4-3-5-10-21/h3-11,18-19H,12-17H2,1-2H3,(H,25,28). The number of amides is 2. The van der Waals surface area contributed by atoms with Crippen LogP contribution < -0.4 is 14.8 Å². The molecule has 0 saturated carbocycles. The molecule has 0 bridgehead atoms. The molecule has 3 rings (SSSR count). The first-order valence-corrected chi connectivity index (χ1v) is 10.5. The quantitative estimate of drug-likeness (QED) is 0.724. The number of carbonyl (C=O) groups excluding carboxylic acids is 2. The summed E-state index contributed by atoms with van der Waals surface area (Å²) in [6, 6.07) is 17.1. The second-order valence-electron chi connectivity index (χ2n) is 7.75. The van der Waals surface area contributed by atoms with Gasteiger partial charge in [0.2, 0.25) is 5.91 Å². The number of ether oxygens (including phenoxy) is 2. The van der Waals surface area contributed by atoms with E-state index in [2.05, 4.69) is 5.32 Å². The monoisotopic (exact) mass is 410 g/mol. The molecule has 0 aromatic heterocycles. The smallest absolute Gasteiger partial charge is 0.260 e. The topological polar surface area (TPSA) is 67.9 Å². The van der Waals surface area contributed by atoms with Gasteiger partial charge in [0.1, 0.15) is 11.5 Å². The summed E-state index contributed by atoms with van der Waals surface area (Å²) in [7, 11) is 0. The molecular formula is C24H30N2O4.